The highest BCUT2D eigenvalue weighted by Gasteiger charge is 2.56. The summed E-state index contributed by atoms with van der Waals surface area (Å²) in [5.41, 5.74) is 0.00994. The van der Waals surface area contributed by atoms with E-state index < -0.39 is 10.0 Å². The fourth-order valence-corrected chi connectivity index (χ4v) is 7.07. The standard InChI is InChI=1S/C21H32N2O5S/c1-3-27-19-14-18(21(19)9-5-4-6-10-21)22-20(24)16-13-17(15(2)28-16)29(25,26)23-11-7-8-12-23/h13,18-19H,3-12,14H2,1-2H3,(H,22,24)/t18-,19+/m1/s1. The van der Waals surface area contributed by atoms with Gasteiger partial charge in [0.25, 0.3) is 5.91 Å². The molecule has 1 aromatic heterocycles. The minimum absolute atomic E-state index is 0.00994. The van der Waals surface area contributed by atoms with Gasteiger partial charge in [0.1, 0.15) is 10.7 Å². The lowest BCUT2D eigenvalue weighted by Crippen LogP contribution is -2.65. The Bertz CT molecular complexity index is 850. The number of hydrogen-bond donors (Lipinski definition) is 1. The third-order valence-electron chi connectivity index (χ3n) is 7.02. The van der Waals surface area contributed by atoms with Gasteiger partial charge in [-0.25, -0.2) is 8.42 Å². The molecule has 3 aliphatic rings. The molecular weight excluding hydrogens is 392 g/mol. The van der Waals surface area contributed by atoms with Gasteiger partial charge in [0, 0.05) is 37.2 Å². The summed E-state index contributed by atoms with van der Waals surface area (Å²) in [6.07, 6.45) is 8.42. The SMILES string of the molecule is CCO[C@H]1C[C@@H](NC(=O)c2cc(S(=O)(=O)N3CCCC3)c(C)o2)C12CCCCC2. The lowest BCUT2D eigenvalue weighted by atomic mass is 9.55. The Morgan fingerprint density at radius 1 is 1.24 bits per heavy atom. The van der Waals surface area contributed by atoms with Gasteiger partial charge < -0.3 is 14.5 Å². The molecule has 2 aliphatic carbocycles. The number of aryl methyl sites for hydroxylation is 1. The highest BCUT2D eigenvalue weighted by molar-refractivity contribution is 7.89. The number of carbonyl (C=O) groups excluding carboxylic acids is 1. The van der Waals surface area contributed by atoms with E-state index in [1.54, 1.807) is 6.92 Å². The van der Waals surface area contributed by atoms with Gasteiger partial charge in [0.15, 0.2) is 5.76 Å². The minimum Gasteiger partial charge on any atom is -0.455 e. The molecule has 29 heavy (non-hydrogen) atoms. The van der Waals surface area contributed by atoms with Crippen LogP contribution in [0.2, 0.25) is 0 Å². The first kappa shape index (κ1) is 20.9. The molecule has 162 valence electrons. The second kappa shape index (κ2) is 8.04. The molecule has 1 N–H and O–H groups in total. The Kier molecular flexibility index (Phi) is 5.79. The molecule has 2 saturated carbocycles. The van der Waals surface area contributed by atoms with Gasteiger partial charge in [-0.1, -0.05) is 19.3 Å². The van der Waals surface area contributed by atoms with E-state index in [0.29, 0.717) is 19.7 Å². The molecular formula is C21H32N2O5S. The molecule has 0 radical (unpaired) electrons. The topological polar surface area (TPSA) is 88.8 Å². The maximum absolute atomic E-state index is 12.9. The van der Waals surface area contributed by atoms with Crippen LogP contribution in [-0.2, 0) is 14.8 Å². The van der Waals surface area contributed by atoms with Gasteiger partial charge in [-0.15, -0.1) is 0 Å². The number of amides is 1. The normalized spacial score (nSPS) is 27.1. The molecule has 0 bridgehead atoms. The summed E-state index contributed by atoms with van der Waals surface area (Å²) in [5.74, 6) is 0.0159. The number of hydrogen-bond acceptors (Lipinski definition) is 5. The van der Waals surface area contributed by atoms with Crippen LogP contribution in [0.5, 0.6) is 0 Å². The van der Waals surface area contributed by atoms with E-state index in [0.717, 1.165) is 44.9 Å². The average Bonchev–Trinajstić information content (AvgIpc) is 3.38. The van der Waals surface area contributed by atoms with Crippen molar-refractivity contribution in [2.45, 2.75) is 82.3 Å². The highest BCUT2D eigenvalue weighted by Crippen LogP contribution is 2.53. The molecule has 1 saturated heterocycles. The van der Waals surface area contributed by atoms with Crippen molar-refractivity contribution < 1.29 is 22.4 Å². The van der Waals surface area contributed by atoms with Gasteiger partial charge in [0.05, 0.1) is 6.10 Å². The van der Waals surface area contributed by atoms with Crippen molar-refractivity contribution in [1.82, 2.24) is 9.62 Å². The fraction of sp³-hybridized carbons (Fsp3) is 0.762. The zero-order valence-electron chi connectivity index (χ0n) is 17.4. The summed E-state index contributed by atoms with van der Waals surface area (Å²) in [6.45, 7) is 5.35. The predicted molar refractivity (Wildman–Crippen MR) is 108 cm³/mol. The molecule has 1 aromatic rings. The van der Waals surface area contributed by atoms with E-state index in [4.69, 9.17) is 9.15 Å². The van der Waals surface area contributed by atoms with Crippen LogP contribution in [0.15, 0.2) is 15.4 Å². The first-order valence-electron chi connectivity index (χ1n) is 10.9. The number of nitrogens with one attached hydrogen (secondary N) is 1. The van der Waals surface area contributed by atoms with Crippen molar-refractivity contribution in [3.05, 3.63) is 17.6 Å². The first-order valence-corrected chi connectivity index (χ1v) is 12.4. The third-order valence-corrected chi connectivity index (χ3v) is 9.03. The van der Waals surface area contributed by atoms with E-state index in [-0.39, 0.29) is 39.9 Å². The van der Waals surface area contributed by atoms with Crippen molar-refractivity contribution >= 4 is 15.9 Å². The third kappa shape index (κ3) is 3.64. The number of furan rings is 1. The molecule has 0 unspecified atom stereocenters. The molecule has 1 spiro atoms. The van der Waals surface area contributed by atoms with Gasteiger partial charge in [-0.2, -0.15) is 4.31 Å². The van der Waals surface area contributed by atoms with Gasteiger partial charge in [-0.05, 0) is 46.0 Å². The Morgan fingerprint density at radius 3 is 2.59 bits per heavy atom. The summed E-state index contributed by atoms with van der Waals surface area (Å²) >= 11 is 0. The summed E-state index contributed by atoms with van der Waals surface area (Å²) in [5, 5.41) is 3.12. The van der Waals surface area contributed by atoms with Crippen LogP contribution in [0.3, 0.4) is 0 Å². The summed E-state index contributed by atoms with van der Waals surface area (Å²) in [6, 6.07) is 1.45. The Labute approximate surface area is 173 Å². The molecule has 2 heterocycles. The number of nitrogens with zero attached hydrogens (tertiary/aromatic N) is 1. The lowest BCUT2D eigenvalue weighted by Gasteiger charge is -2.57. The molecule has 4 rings (SSSR count). The molecule has 1 amide bonds. The van der Waals surface area contributed by atoms with Crippen molar-refractivity contribution in [2.24, 2.45) is 5.41 Å². The maximum Gasteiger partial charge on any atom is 0.287 e. The Hall–Kier alpha value is -1.38. The molecule has 7 nitrogen and oxygen atoms in total. The van der Waals surface area contributed by atoms with Gasteiger partial charge in [-0.3, -0.25) is 4.79 Å². The largest absolute Gasteiger partial charge is 0.455 e. The number of carbonyl (C=O) groups is 1. The van der Waals surface area contributed by atoms with Crippen LogP contribution in [0, 0.1) is 12.3 Å². The van der Waals surface area contributed by atoms with Crippen LogP contribution in [0.1, 0.15) is 74.6 Å². The second-order valence-electron chi connectivity index (χ2n) is 8.64. The number of ether oxygens (including phenoxy) is 1. The van der Waals surface area contributed by atoms with Crippen LogP contribution in [0.4, 0.5) is 0 Å². The first-order chi connectivity index (χ1) is 13.9. The predicted octanol–water partition coefficient (Wildman–Crippen LogP) is 3.23. The molecule has 2 atom stereocenters. The smallest absolute Gasteiger partial charge is 0.287 e. The minimum atomic E-state index is -3.61. The van der Waals surface area contributed by atoms with Crippen LogP contribution in [-0.4, -0.2) is 50.5 Å². The van der Waals surface area contributed by atoms with Gasteiger partial charge >= 0.3 is 0 Å². The van der Waals surface area contributed by atoms with E-state index >= 15 is 0 Å². The number of rotatable bonds is 6. The zero-order valence-corrected chi connectivity index (χ0v) is 18.2. The van der Waals surface area contributed by atoms with Crippen molar-refractivity contribution in [2.75, 3.05) is 19.7 Å². The second-order valence-corrected chi connectivity index (χ2v) is 10.5. The average molecular weight is 425 g/mol. The van der Waals surface area contributed by atoms with E-state index in [9.17, 15) is 13.2 Å². The zero-order chi connectivity index (χ0) is 20.6. The number of sulfonamides is 1. The van der Waals surface area contributed by atoms with Crippen molar-refractivity contribution in [3.8, 4) is 0 Å². The molecule has 3 fully saturated rings. The van der Waals surface area contributed by atoms with Crippen LogP contribution in [0.25, 0.3) is 0 Å². The summed E-state index contributed by atoms with van der Waals surface area (Å²) in [4.78, 5) is 13.0. The highest BCUT2D eigenvalue weighted by atomic mass is 32.2. The molecule has 1 aliphatic heterocycles. The maximum atomic E-state index is 12.9. The Morgan fingerprint density at radius 2 is 1.93 bits per heavy atom. The Balaban J connectivity index is 1.49. The van der Waals surface area contributed by atoms with E-state index in [2.05, 4.69) is 5.32 Å². The monoisotopic (exact) mass is 424 g/mol. The van der Waals surface area contributed by atoms with Gasteiger partial charge in [0.2, 0.25) is 10.0 Å². The quantitative estimate of drug-likeness (QED) is 0.757. The molecule has 8 heteroatoms. The van der Waals surface area contributed by atoms with Crippen LogP contribution >= 0.6 is 0 Å². The lowest BCUT2D eigenvalue weighted by molar-refractivity contribution is -0.147. The summed E-state index contributed by atoms with van der Waals surface area (Å²) in [7, 11) is -3.61. The van der Waals surface area contributed by atoms with Crippen molar-refractivity contribution in [3.63, 3.8) is 0 Å². The van der Waals surface area contributed by atoms with E-state index in [1.165, 1.54) is 16.8 Å². The van der Waals surface area contributed by atoms with Crippen molar-refractivity contribution in [1.29, 1.82) is 0 Å². The molecule has 0 aromatic carbocycles. The van der Waals surface area contributed by atoms with Crippen LogP contribution < -0.4 is 5.32 Å². The fourth-order valence-electron chi connectivity index (χ4n) is 5.40. The van der Waals surface area contributed by atoms with E-state index in [1.807, 2.05) is 6.92 Å². The summed E-state index contributed by atoms with van der Waals surface area (Å²) < 4.78 is 38.7.